The summed E-state index contributed by atoms with van der Waals surface area (Å²) in [6, 6.07) is 13.1. The van der Waals surface area contributed by atoms with Crippen molar-refractivity contribution in [3.63, 3.8) is 0 Å². The fraction of sp³-hybridized carbons (Fsp3) is 0.263. The molecule has 120 valence electrons. The van der Waals surface area contributed by atoms with Gasteiger partial charge in [0, 0.05) is 17.5 Å². The van der Waals surface area contributed by atoms with Crippen molar-refractivity contribution in [2.45, 2.75) is 26.9 Å². The average Bonchev–Trinajstić information content (AvgIpc) is 2.53. The van der Waals surface area contributed by atoms with E-state index < -0.39 is 11.9 Å². The van der Waals surface area contributed by atoms with Crippen LogP contribution in [-0.4, -0.2) is 18.0 Å². The molecule has 0 heterocycles. The first kappa shape index (κ1) is 16.7. The van der Waals surface area contributed by atoms with E-state index in [4.69, 9.17) is 9.47 Å². The highest BCUT2D eigenvalue weighted by Gasteiger charge is 2.11. The number of carbonyl (C=O) groups is 2. The summed E-state index contributed by atoms with van der Waals surface area (Å²) in [7, 11) is 0. The normalized spacial score (nSPS) is 12.5. The number of hydrogen-bond donors (Lipinski definition) is 0. The Bertz CT molecular complexity index is 726. The number of hydrogen-bond acceptors (Lipinski definition) is 4. The van der Waals surface area contributed by atoms with Crippen LogP contribution in [0.25, 0.3) is 10.8 Å². The van der Waals surface area contributed by atoms with Crippen molar-refractivity contribution in [2.75, 3.05) is 0 Å². The summed E-state index contributed by atoms with van der Waals surface area (Å²) >= 11 is 0. The van der Waals surface area contributed by atoms with Gasteiger partial charge in [-0.15, -0.1) is 0 Å². The maximum atomic E-state index is 11.9. The minimum atomic E-state index is -0.615. The van der Waals surface area contributed by atoms with Gasteiger partial charge in [0.25, 0.3) is 0 Å². The van der Waals surface area contributed by atoms with E-state index >= 15 is 0 Å². The fourth-order valence-corrected chi connectivity index (χ4v) is 1.92. The summed E-state index contributed by atoms with van der Waals surface area (Å²) in [6.45, 7) is 5.72. The van der Waals surface area contributed by atoms with Gasteiger partial charge in [0.1, 0.15) is 11.9 Å². The molecule has 4 nitrogen and oxygen atoms in total. The standard InChI is InChI=1S/C19H20O4/c1-13(2)14(3)22-18(20)11-12-19(21)23-17-10-6-8-15-7-4-5-9-16(15)17/h4-14H,1-3H3/b12-11+. The number of esters is 2. The van der Waals surface area contributed by atoms with Gasteiger partial charge in [-0.3, -0.25) is 0 Å². The molecule has 2 rings (SSSR count). The van der Waals surface area contributed by atoms with Crippen LogP contribution in [0, 0.1) is 5.92 Å². The van der Waals surface area contributed by atoms with Gasteiger partial charge < -0.3 is 9.47 Å². The van der Waals surface area contributed by atoms with E-state index in [9.17, 15) is 9.59 Å². The molecule has 0 bridgehead atoms. The molecular formula is C19H20O4. The Hall–Kier alpha value is -2.62. The van der Waals surface area contributed by atoms with E-state index in [-0.39, 0.29) is 12.0 Å². The van der Waals surface area contributed by atoms with Crippen molar-refractivity contribution in [2.24, 2.45) is 5.92 Å². The Morgan fingerprint density at radius 1 is 0.913 bits per heavy atom. The van der Waals surface area contributed by atoms with Crippen LogP contribution in [0.1, 0.15) is 20.8 Å². The van der Waals surface area contributed by atoms with Crippen molar-refractivity contribution in [1.29, 1.82) is 0 Å². The summed E-state index contributed by atoms with van der Waals surface area (Å²) in [5.41, 5.74) is 0. The van der Waals surface area contributed by atoms with Gasteiger partial charge in [-0.25, -0.2) is 9.59 Å². The topological polar surface area (TPSA) is 52.6 Å². The van der Waals surface area contributed by atoms with E-state index in [1.165, 1.54) is 0 Å². The van der Waals surface area contributed by atoms with Crippen LogP contribution in [0.3, 0.4) is 0 Å². The smallest absolute Gasteiger partial charge is 0.336 e. The number of rotatable bonds is 5. The number of benzene rings is 2. The molecule has 0 radical (unpaired) electrons. The van der Waals surface area contributed by atoms with E-state index in [1.807, 2.05) is 57.2 Å². The third kappa shape index (κ3) is 4.68. The van der Waals surface area contributed by atoms with Crippen molar-refractivity contribution in [3.05, 3.63) is 54.6 Å². The van der Waals surface area contributed by atoms with Crippen LogP contribution >= 0.6 is 0 Å². The third-order valence-corrected chi connectivity index (χ3v) is 3.56. The van der Waals surface area contributed by atoms with Crippen LogP contribution in [0.5, 0.6) is 5.75 Å². The highest BCUT2D eigenvalue weighted by Crippen LogP contribution is 2.25. The van der Waals surface area contributed by atoms with Crippen molar-refractivity contribution in [3.8, 4) is 5.75 Å². The predicted octanol–water partition coefficient (Wildman–Crippen LogP) is 3.89. The lowest BCUT2D eigenvalue weighted by atomic mass is 10.1. The number of carbonyl (C=O) groups excluding carboxylic acids is 2. The van der Waals surface area contributed by atoms with Crippen LogP contribution in [0.4, 0.5) is 0 Å². The first-order valence-electron chi connectivity index (χ1n) is 7.55. The zero-order chi connectivity index (χ0) is 16.8. The van der Waals surface area contributed by atoms with E-state index in [0.717, 1.165) is 22.9 Å². The molecule has 2 aromatic rings. The van der Waals surface area contributed by atoms with E-state index in [1.54, 1.807) is 6.07 Å². The van der Waals surface area contributed by atoms with Crippen LogP contribution in [0.15, 0.2) is 54.6 Å². The fourth-order valence-electron chi connectivity index (χ4n) is 1.92. The Morgan fingerprint density at radius 3 is 2.30 bits per heavy atom. The van der Waals surface area contributed by atoms with Crippen LogP contribution in [0.2, 0.25) is 0 Å². The van der Waals surface area contributed by atoms with Gasteiger partial charge in [-0.2, -0.15) is 0 Å². The Kier molecular flexibility index (Phi) is 5.52. The molecule has 23 heavy (non-hydrogen) atoms. The van der Waals surface area contributed by atoms with Crippen molar-refractivity contribution >= 4 is 22.7 Å². The molecule has 0 N–H and O–H groups in total. The first-order chi connectivity index (χ1) is 11.0. The quantitative estimate of drug-likeness (QED) is 0.477. The molecule has 0 aromatic heterocycles. The molecule has 0 aliphatic rings. The number of fused-ring (bicyclic) bond motifs is 1. The van der Waals surface area contributed by atoms with Crippen molar-refractivity contribution in [1.82, 2.24) is 0 Å². The van der Waals surface area contributed by atoms with Gasteiger partial charge in [0.15, 0.2) is 0 Å². The minimum Gasteiger partial charge on any atom is -0.459 e. The lowest BCUT2D eigenvalue weighted by Crippen LogP contribution is -2.19. The predicted molar refractivity (Wildman–Crippen MR) is 89.1 cm³/mol. The zero-order valence-corrected chi connectivity index (χ0v) is 13.5. The molecule has 0 spiro atoms. The largest absolute Gasteiger partial charge is 0.459 e. The van der Waals surface area contributed by atoms with Crippen molar-refractivity contribution < 1.29 is 19.1 Å². The lowest BCUT2D eigenvalue weighted by Gasteiger charge is -2.14. The lowest BCUT2D eigenvalue weighted by molar-refractivity contribution is -0.144. The molecule has 0 aliphatic heterocycles. The Labute approximate surface area is 135 Å². The molecule has 4 heteroatoms. The summed E-state index contributed by atoms with van der Waals surface area (Å²) in [5, 5.41) is 1.82. The third-order valence-electron chi connectivity index (χ3n) is 3.56. The van der Waals surface area contributed by atoms with Crippen LogP contribution in [-0.2, 0) is 14.3 Å². The maximum absolute atomic E-state index is 11.9. The second-order valence-electron chi connectivity index (χ2n) is 5.62. The molecule has 0 fully saturated rings. The molecule has 0 amide bonds. The Morgan fingerprint density at radius 2 is 1.57 bits per heavy atom. The van der Waals surface area contributed by atoms with E-state index in [2.05, 4.69) is 0 Å². The molecular weight excluding hydrogens is 292 g/mol. The SMILES string of the molecule is CC(C)C(C)OC(=O)/C=C/C(=O)Oc1cccc2ccccc12. The molecule has 2 aromatic carbocycles. The second-order valence-corrected chi connectivity index (χ2v) is 5.62. The van der Waals surface area contributed by atoms with Gasteiger partial charge in [0.2, 0.25) is 0 Å². The maximum Gasteiger partial charge on any atom is 0.336 e. The van der Waals surface area contributed by atoms with Gasteiger partial charge in [-0.1, -0.05) is 50.2 Å². The molecule has 1 unspecified atom stereocenters. The molecule has 0 saturated heterocycles. The summed E-state index contributed by atoms with van der Waals surface area (Å²) < 4.78 is 10.4. The first-order valence-corrected chi connectivity index (χ1v) is 7.55. The highest BCUT2D eigenvalue weighted by atomic mass is 16.5. The van der Waals surface area contributed by atoms with Crippen LogP contribution < -0.4 is 4.74 Å². The molecule has 0 saturated carbocycles. The Balaban J connectivity index is 2.01. The highest BCUT2D eigenvalue weighted by molar-refractivity contribution is 5.95. The molecule has 1 atom stereocenters. The summed E-state index contributed by atoms with van der Waals surface area (Å²) in [6.07, 6.45) is 1.96. The average molecular weight is 312 g/mol. The molecule has 0 aliphatic carbocycles. The van der Waals surface area contributed by atoms with Gasteiger partial charge in [0.05, 0.1) is 0 Å². The van der Waals surface area contributed by atoms with Gasteiger partial charge >= 0.3 is 11.9 Å². The second kappa shape index (κ2) is 7.58. The van der Waals surface area contributed by atoms with Gasteiger partial charge in [-0.05, 0) is 24.3 Å². The number of ether oxygens (including phenoxy) is 2. The zero-order valence-electron chi connectivity index (χ0n) is 13.5. The summed E-state index contributed by atoms with van der Waals surface area (Å²) in [5.74, 6) is -0.492. The van der Waals surface area contributed by atoms with E-state index in [0.29, 0.717) is 5.75 Å². The summed E-state index contributed by atoms with van der Waals surface area (Å²) in [4.78, 5) is 23.5. The minimum absolute atomic E-state index is 0.207. The monoisotopic (exact) mass is 312 g/mol.